The molecule has 0 spiro atoms. The van der Waals surface area contributed by atoms with E-state index in [0.29, 0.717) is 17.1 Å². The maximum atomic E-state index is 12.7. The molecule has 2 N–H and O–H groups in total. The molecule has 2 heterocycles. The fraction of sp³-hybridized carbons (Fsp3) is 0.571. The highest BCUT2D eigenvalue weighted by Gasteiger charge is 2.27. The number of carbonyl (C=O) groups excluding carboxylic acids is 1. The molecule has 0 bridgehead atoms. The van der Waals surface area contributed by atoms with Crippen molar-refractivity contribution in [3.05, 3.63) is 35.7 Å². The van der Waals surface area contributed by atoms with Crippen LogP contribution in [0.25, 0.3) is 11.0 Å². The molecule has 0 aromatic carbocycles. The van der Waals surface area contributed by atoms with Crippen LogP contribution in [0.2, 0.25) is 0 Å². The van der Waals surface area contributed by atoms with Crippen LogP contribution in [0.5, 0.6) is 0 Å². The third kappa shape index (κ3) is 4.46. The zero-order valence-corrected chi connectivity index (χ0v) is 16.0. The number of halogens is 2. The zero-order valence-electron chi connectivity index (χ0n) is 16.0. The molecule has 2 saturated carbocycles. The van der Waals surface area contributed by atoms with Gasteiger partial charge in [-0.1, -0.05) is 0 Å². The van der Waals surface area contributed by atoms with E-state index < -0.39 is 12.5 Å². The number of amides is 1. The molecule has 28 heavy (non-hydrogen) atoms. The van der Waals surface area contributed by atoms with Crippen LogP contribution in [-0.4, -0.2) is 40.4 Å². The van der Waals surface area contributed by atoms with E-state index in [9.17, 15) is 13.6 Å². The highest BCUT2D eigenvalue weighted by atomic mass is 19.3. The van der Waals surface area contributed by atoms with E-state index in [2.05, 4.69) is 20.6 Å². The van der Waals surface area contributed by atoms with Crippen molar-refractivity contribution in [3.8, 4) is 0 Å². The van der Waals surface area contributed by atoms with Crippen molar-refractivity contribution in [2.45, 2.75) is 75.9 Å². The Labute approximate surface area is 163 Å². The summed E-state index contributed by atoms with van der Waals surface area (Å²) in [5, 5.41) is 6.91. The topological polar surface area (TPSA) is 66.9 Å². The highest BCUT2D eigenvalue weighted by Crippen LogP contribution is 2.39. The van der Waals surface area contributed by atoms with Crippen LogP contribution in [0.3, 0.4) is 0 Å². The number of hydrogen-bond acceptors (Lipinski definition) is 4. The number of fused-ring (bicyclic) bond motifs is 1. The normalized spacial score (nSPS) is 23.7. The Hall–Kier alpha value is -2.15. The number of hydrogen-bond donors (Lipinski definition) is 2. The molecule has 1 amide bonds. The van der Waals surface area contributed by atoms with Crippen LogP contribution in [0.1, 0.15) is 67.4 Å². The van der Waals surface area contributed by atoms with Crippen LogP contribution in [0.4, 0.5) is 8.78 Å². The van der Waals surface area contributed by atoms with Crippen molar-refractivity contribution in [2.75, 3.05) is 0 Å². The molecule has 2 fully saturated rings. The van der Waals surface area contributed by atoms with Gasteiger partial charge in [0, 0.05) is 35.3 Å². The summed E-state index contributed by atoms with van der Waals surface area (Å²) < 4.78 is 25.3. The zero-order chi connectivity index (χ0) is 19.7. The second-order valence-electron chi connectivity index (χ2n) is 8.09. The SMILES string of the molecule is CC(NC1CCC(NC(=O)c2cnc3nc(C4CC4)ccc3c2)CC1)C(F)F. The van der Waals surface area contributed by atoms with Crippen LogP contribution >= 0.6 is 0 Å². The van der Waals surface area contributed by atoms with E-state index in [4.69, 9.17) is 0 Å². The Balaban J connectivity index is 1.33. The molecule has 7 heteroatoms. The van der Waals surface area contributed by atoms with E-state index >= 15 is 0 Å². The third-order valence-electron chi connectivity index (χ3n) is 5.76. The number of pyridine rings is 2. The molecule has 150 valence electrons. The van der Waals surface area contributed by atoms with E-state index in [1.54, 1.807) is 6.20 Å². The van der Waals surface area contributed by atoms with E-state index in [-0.39, 0.29) is 18.0 Å². The standard InChI is InChI=1S/C21H26F2N4O/c1-12(19(22)23)25-16-5-7-17(8-6-16)26-21(28)15-10-14-4-9-18(13-2-3-13)27-20(14)24-11-15/h4,9-13,16-17,19,25H,2-3,5-8H2,1H3,(H,26,28). The number of aromatic nitrogens is 2. The maximum absolute atomic E-state index is 12.7. The van der Waals surface area contributed by atoms with Crippen molar-refractivity contribution in [3.63, 3.8) is 0 Å². The lowest BCUT2D eigenvalue weighted by molar-refractivity contribution is 0.0894. The predicted octanol–water partition coefficient (Wildman–Crippen LogP) is 3.79. The van der Waals surface area contributed by atoms with Gasteiger partial charge in [-0.25, -0.2) is 18.7 Å². The van der Waals surface area contributed by atoms with Gasteiger partial charge in [-0.05, 0) is 63.6 Å². The molecule has 0 aliphatic heterocycles. The summed E-state index contributed by atoms with van der Waals surface area (Å²) in [6.45, 7) is 1.51. The van der Waals surface area contributed by atoms with Crippen LogP contribution < -0.4 is 10.6 Å². The lowest BCUT2D eigenvalue weighted by atomic mass is 9.90. The van der Waals surface area contributed by atoms with Crippen LogP contribution in [-0.2, 0) is 0 Å². The van der Waals surface area contributed by atoms with Gasteiger partial charge >= 0.3 is 0 Å². The minimum absolute atomic E-state index is 0.0680. The van der Waals surface area contributed by atoms with Gasteiger partial charge in [0.25, 0.3) is 12.3 Å². The van der Waals surface area contributed by atoms with Gasteiger partial charge in [-0.2, -0.15) is 0 Å². The van der Waals surface area contributed by atoms with Gasteiger partial charge in [0.15, 0.2) is 5.65 Å². The molecule has 1 atom stereocenters. The predicted molar refractivity (Wildman–Crippen MR) is 104 cm³/mol. The van der Waals surface area contributed by atoms with E-state index in [1.165, 1.54) is 19.8 Å². The first-order valence-electron chi connectivity index (χ1n) is 10.1. The number of carbonyl (C=O) groups is 1. The molecule has 2 aromatic rings. The van der Waals surface area contributed by atoms with E-state index in [1.807, 2.05) is 18.2 Å². The highest BCUT2D eigenvalue weighted by molar-refractivity contribution is 5.97. The van der Waals surface area contributed by atoms with Crippen LogP contribution in [0.15, 0.2) is 24.4 Å². The van der Waals surface area contributed by atoms with Crippen molar-refractivity contribution < 1.29 is 13.6 Å². The number of alkyl halides is 2. The minimum Gasteiger partial charge on any atom is -0.349 e. The van der Waals surface area contributed by atoms with Crippen molar-refractivity contribution in [1.29, 1.82) is 0 Å². The number of rotatable bonds is 6. The largest absolute Gasteiger partial charge is 0.349 e. The molecule has 2 aliphatic carbocycles. The first kappa shape index (κ1) is 19.2. The smallest absolute Gasteiger partial charge is 0.253 e. The Kier molecular flexibility index (Phi) is 5.53. The Morgan fingerprint density at radius 1 is 1.11 bits per heavy atom. The summed E-state index contributed by atoms with van der Waals surface area (Å²) in [5.41, 5.74) is 2.30. The second-order valence-corrected chi connectivity index (χ2v) is 8.09. The summed E-state index contributed by atoms with van der Waals surface area (Å²) in [7, 11) is 0. The van der Waals surface area contributed by atoms with E-state index in [0.717, 1.165) is 36.8 Å². The fourth-order valence-corrected chi connectivity index (χ4v) is 3.87. The van der Waals surface area contributed by atoms with Crippen molar-refractivity contribution in [1.82, 2.24) is 20.6 Å². The number of nitrogens with zero attached hydrogens (tertiary/aromatic N) is 2. The van der Waals surface area contributed by atoms with Gasteiger partial charge in [0.2, 0.25) is 0 Å². The third-order valence-corrected chi connectivity index (χ3v) is 5.76. The molecule has 5 nitrogen and oxygen atoms in total. The van der Waals surface area contributed by atoms with Crippen molar-refractivity contribution >= 4 is 16.9 Å². The summed E-state index contributed by atoms with van der Waals surface area (Å²) in [6, 6.07) is 5.20. The molecular formula is C21H26F2N4O. The number of nitrogens with one attached hydrogen (secondary N) is 2. The maximum Gasteiger partial charge on any atom is 0.253 e. The molecule has 2 aliphatic rings. The molecule has 2 aromatic heterocycles. The minimum atomic E-state index is -2.35. The average molecular weight is 388 g/mol. The fourth-order valence-electron chi connectivity index (χ4n) is 3.87. The van der Waals surface area contributed by atoms with Gasteiger partial charge < -0.3 is 10.6 Å². The summed E-state index contributed by atoms with van der Waals surface area (Å²) in [5.74, 6) is 0.431. The molecule has 0 saturated heterocycles. The van der Waals surface area contributed by atoms with Crippen molar-refractivity contribution in [2.24, 2.45) is 0 Å². The lowest BCUT2D eigenvalue weighted by Gasteiger charge is -2.31. The first-order valence-corrected chi connectivity index (χ1v) is 10.1. The van der Waals surface area contributed by atoms with Gasteiger partial charge in [-0.15, -0.1) is 0 Å². The first-order chi connectivity index (χ1) is 13.5. The molecule has 4 rings (SSSR count). The molecule has 1 unspecified atom stereocenters. The Morgan fingerprint density at radius 3 is 2.50 bits per heavy atom. The Morgan fingerprint density at radius 2 is 1.82 bits per heavy atom. The van der Waals surface area contributed by atoms with Gasteiger partial charge in [-0.3, -0.25) is 4.79 Å². The molecule has 0 radical (unpaired) electrons. The summed E-state index contributed by atoms with van der Waals surface area (Å²) in [6.07, 6.45) is 4.75. The van der Waals surface area contributed by atoms with Gasteiger partial charge in [0.1, 0.15) is 0 Å². The molecular weight excluding hydrogens is 362 g/mol. The second kappa shape index (κ2) is 8.07. The Bertz CT molecular complexity index is 847. The summed E-state index contributed by atoms with van der Waals surface area (Å²) >= 11 is 0. The monoisotopic (exact) mass is 388 g/mol. The average Bonchev–Trinajstić information content (AvgIpc) is 3.54. The van der Waals surface area contributed by atoms with Crippen LogP contribution in [0, 0.1) is 0 Å². The lowest BCUT2D eigenvalue weighted by Crippen LogP contribution is -2.46. The summed E-state index contributed by atoms with van der Waals surface area (Å²) in [4.78, 5) is 21.6. The quantitative estimate of drug-likeness (QED) is 0.790. The van der Waals surface area contributed by atoms with Gasteiger partial charge in [0.05, 0.1) is 11.6 Å².